The Kier molecular flexibility index (Phi) is 2.57. The van der Waals surface area contributed by atoms with E-state index in [4.69, 9.17) is 5.73 Å². The van der Waals surface area contributed by atoms with Gasteiger partial charge in [0.2, 0.25) is 0 Å². The first-order chi connectivity index (χ1) is 6.72. The van der Waals surface area contributed by atoms with Crippen LogP contribution in [0.3, 0.4) is 0 Å². The fourth-order valence-electron chi connectivity index (χ4n) is 1.66. The van der Waals surface area contributed by atoms with Crippen LogP contribution in [0.15, 0.2) is 34.8 Å². The SMILES string of the molecule is Cc1ccc2c(Br)ccc(CN)c2c1. The molecule has 0 radical (unpaired) electrons. The average molecular weight is 250 g/mol. The van der Waals surface area contributed by atoms with E-state index >= 15 is 0 Å². The van der Waals surface area contributed by atoms with Crippen LogP contribution in [-0.2, 0) is 6.54 Å². The van der Waals surface area contributed by atoms with Gasteiger partial charge in [0.05, 0.1) is 0 Å². The highest BCUT2D eigenvalue weighted by Gasteiger charge is 2.02. The van der Waals surface area contributed by atoms with Gasteiger partial charge in [-0.15, -0.1) is 0 Å². The van der Waals surface area contributed by atoms with Crippen molar-refractivity contribution in [3.63, 3.8) is 0 Å². The molecule has 0 saturated heterocycles. The normalized spacial score (nSPS) is 10.8. The topological polar surface area (TPSA) is 26.0 Å². The summed E-state index contributed by atoms with van der Waals surface area (Å²) in [5, 5.41) is 2.49. The third kappa shape index (κ3) is 1.56. The van der Waals surface area contributed by atoms with Gasteiger partial charge in [-0.3, -0.25) is 0 Å². The van der Waals surface area contributed by atoms with Crippen LogP contribution < -0.4 is 5.73 Å². The zero-order valence-electron chi connectivity index (χ0n) is 8.05. The molecule has 0 spiro atoms. The quantitative estimate of drug-likeness (QED) is 0.825. The van der Waals surface area contributed by atoms with E-state index in [1.54, 1.807) is 0 Å². The molecule has 0 aliphatic carbocycles. The summed E-state index contributed by atoms with van der Waals surface area (Å²) in [7, 11) is 0. The second-order valence-corrected chi connectivity index (χ2v) is 4.31. The number of hydrogen-bond acceptors (Lipinski definition) is 1. The van der Waals surface area contributed by atoms with Gasteiger partial charge in [-0.1, -0.05) is 45.8 Å². The van der Waals surface area contributed by atoms with Gasteiger partial charge in [-0.2, -0.15) is 0 Å². The van der Waals surface area contributed by atoms with Gasteiger partial charge in [0.1, 0.15) is 0 Å². The molecular formula is C12H12BrN. The zero-order valence-corrected chi connectivity index (χ0v) is 9.64. The van der Waals surface area contributed by atoms with Crippen molar-refractivity contribution in [2.75, 3.05) is 0 Å². The Balaban J connectivity index is 2.85. The lowest BCUT2D eigenvalue weighted by Gasteiger charge is -2.07. The van der Waals surface area contributed by atoms with Gasteiger partial charge < -0.3 is 5.73 Å². The minimum Gasteiger partial charge on any atom is -0.326 e. The molecule has 2 aromatic carbocycles. The summed E-state index contributed by atoms with van der Waals surface area (Å²) in [6.45, 7) is 2.69. The average Bonchev–Trinajstić information content (AvgIpc) is 2.18. The maximum absolute atomic E-state index is 5.70. The molecule has 0 saturated carbocycles. The minimum atomic E-state index is 0.591. The molecule has 0 aliphatic rings. The van der Waals surface area contributed by atoms with Crippen LogP contribution in [0.5, 0.6) is 0 Å². The Morgan fingerprint density at radius 3 is 2.64 bits per heavy atom. The van der Waals surface area contributed by atoms with E-state index in [1.165, 1.54) is 21.9 Å². The summed E-state index contributed by atoms with van der Waals surface area (Å²) in [4.78, 5) is 0. The molecule has 0 fully saturated rings. The molecule has 0 amide bonds. The molecular weight excluding hydrogens is 238 g/mol. The number of hydrogen-bond donors (Lipinski definition) is 1. The Hall–Kier alpha value is -0.860. The van der Waals surface area contributed by atoms with Gasteiger partial charge >= 0.3 is 0 Å². The summed E-state index contributed by atoms with van der Waals surface area (Å²) in [6.07, 6.45) is 0. The largest absolute Gasteiger partial charge is 0.326 e. The van der Waals surface area contributed by atoms with E-state index in [2.05, 4.69) is 53.2 Å². The molecule has 0 heterocycles. The van der Waals surface area contributed by atoms with Crippen molar-refractivity contribution in [1.82, 2.24) is 0 Å². The van der Waals surface area contributed by atoms with E-state index < -0.39 is 0 Å². The maximum Gasteiger partial charge on any atom is 0.0253 e. The van der Waals surface area contributed by atoms with Crippen LogP contribution in [0.4, 0.5) is 0 Å². The Bertz CT molecular complexity index is 477. The number of fused-ring (bicyclic) bond motifs is 1. The molecule has 0 aromatic heterocycles. The van der Waals surface area contributed by atoms with Crippen molar-refractivity contribution in [1.29, 1.82) is 0 Å². The third-order valence-electron chi connectivity index (χ3n) is 2.43. The van der Waals surface area contributed by atoms with Crippen molar-refractivity contribution in [3.05, 3.63) is 45.9 Å². The third-order valence-corrected chi connectivity index (χ3v) is 3.12. The zero-order chi connectivity index (χ0) is 10.1. The molecule has 14 heavy (non-hydrogen) atoms. The van der Waals surface area contributed by atoms with Crippen LogP contribution in [0.2, 0.25) is 0 Å². The number of nitrogens with two attached hydrogens (primary N) is 1. The molecule has 2 heteroatoms. The number of halogens is 1. The van der Waals surface area contributed by atoms with Crippen LogP contribution >= 0.6 is 15.9 Å². The standard InChI is InChI=1S/C12H12BrN/c1-8-2-4-10-11(6-8)9(7-14)3-5-12(10)13/h2-6H,7,14H2,1H3. The van der Waals surface area contributed by atoms with Gasteiger partial charge in [0, 0.05) is 11.0 Å². The number of benzene rings is 2. The molecule has 0 bridgehead atoms. The molecule has 2 rings (SSSR count). The molecule has 2 aromatic rings. The summed E-state index contributed by atoms with van der Waals surface area (Å²) in [5.41, 5.74) is 8.17. The predicted molar refractivity (Wildman–Crippen MR) is 64.3 cm³/mol. The van der Waals surface area contributed by atoms with Gasteiger partial charge in [-0.05, 0) is 29.3 Å². The van der Waals surface area contributed by atoms with E-state index in [0.29, 0.717) is 6.54 Å². The summed E-state index contributed by atoms with van der Waals surface area (Å²) in [5.74, 6) is 0. The molecule has 72 valence electrons. The predicted octanol–water partition coefficient (Wildman–Crippen LogP) is 3.37. The van der Waals surface area contributed by atoms with E-state index in [1.807, 2.05) is 0 Å². The summed E-state index contributed by atoms with van der Waals surface area (Å²) >= 11 is 3.54. The van der Waals surface area contributed by atoms with Crippen LogP contribution in [-0.4, -0.2) is 0 Å². The summed E-state index contributed by atoms with van der Waals surface area (Å²) in [6, 6.07) is 10.6. The van der Waals surface area contributed by atoms with Crippen molar-refractivity contribution in [3.8, 4) is 0 Å². The molecule has 0 unspecified atom stereocenters. The monoisotopic (exact) mass is 249 g/mol. The highest BCUT2D eigenvalue weighted by atomic mass is 79.9. The first-order valence-corrected chi connectivity index (χ1v) is 5.39. The number of aryl methyl sites for hydroxylation is 1. The lowest BCUT2D eigenvalue weighted by molar-refractivity contribution is 1.09. The highest BCUT2D eigenvalue weighted by molar-refractivity contribution is 9.10. The van der Waals surface area contributed by atoms with Gasteiger partial charge in [0.25, 0.3) is 0 Å². The lowest BCUT2D eigenvalue weighted by atomic mass is 10.0. The van der Waals surface area contributed by atoms with Gasteiger partial charge in [-0.25, -0.2) is 0 Å². The second-order valence-electron chi connectivity index (χ2n) is 3.46. The Labute approximate surface area is 92.1 Å². The van der Waals surface area contributed by atoms with E-state index in [-0.39, 0.29) is 0 Å². The summed E-state index contributed by atoms with van der Waals surface area (Å²) < 4.78 is 1.13. The van der Waals surface area contributed by atoms with E-state index in [9.17, 15) is 0 Å². The minimum absolute atomic E-state index is 0.591. The van der Waals surface area contributed by atoms with Crippen molar-refractivity contribution in [2.45, 2.75) is 13.5 Å². The van der Waals surface area contributed by atoms with Crippen LogP contribution in [0.25, 0.3) is 10.8 Å². The first kappa shape index (κ1) is 9.69. The van der Waals surface area contributed by atoms with Crippen LogP contribution in [0.1, 0.15) is 11.1 Å². The molecule has 2 N–H and O–H groups in total. The molecule has 0 aliphatic heterocycles. The van der Waals surface area contributed by atoms with E-state index in [0.717, 1.165) is 4.47 Å². The molecule has 1 nitrogen and oxygen atoms in total. The van der Waals surface area contributed by atoms with Crippen LogP contribution in [0, 0.1) is 6.92 Å². The smallest absolute Gasteiger partial charge is 0.0253 e. The lowest BCUT2D eigenvalue weighted by Crippen LogP contribution is -1.97. The van der Waals surface area contributed by atoms with Crippen molar-refractivity contribution >= 4 is 26.7 Å². The van der Waals surface area contributed by atoms with Crippen molar-refractivity contribution in [2.24, 2.45) is 5.73 Å². The maximum atomic E-state index is 5.70. The fraction of sp³-hybridized carbons (Fsp3) is 0.167. The Morgan fingerprint density at radius 1 is 1.14 bits per heavy atom. The first-order valence-electron chi connectivity index (χ1n) is 4.60. The molecule has 0 atom stereocenters. The second kappa shape index (κ2) is 3.71. The number of rotatable bonds is 1. The highest BCUT2D eigenvalue weighted by Crippen LogP contribution is 2.27. The van der Waals surface area contributed by atoms with Crippen molar-refractivity contribution < 1.29 is 0 Å². The Morgan fingerprint density at radius 2 is 1.93 bits per heavy atom. The van der Waals surface area contributed by atoms with Gasteiger partial charge in [0.15, 0.2) is 0 Å². The fourth-order valence-corrected chi connectivity index (χ4v) is 2.14.